The summed E-state index contributed by atoms with van der Waals surface area (Å²) in [6, 6.07) is 16.3. The number of nitrogens with one attached hydrogen (secondary N) is 1. The zero-order valence-electron chi connectivity index (χ0n) is 15.0. The minimum absolute atomic E-state index is 0.162. The third-order valence-corrected chi connectivity index (χ3v) is 4.85. The maximum atomic E-state index is 12.3. The summed E-state index contributed by atoms with van der Waals surface area (Å²) in [6.07, 6.45) is 1.73. The first-order valence-electron chi connectivity index (χ1n) is 8.75. The Kier molecular flexibility index (Phi) is 4.88. The van der Waals surface area contributed by atoms with E-state index in [0.717, 1.165) is 21.3 Å². The van der Waals surface area contributed by atoms with Crippen LogP contribution in [0, 0.1) is 0 Å². The lowest BCUT2D eigenvalue weighted by Gasteiger charge is -2.02. The van der Waals surface area contributed by atoms with Gasteiger partial charge in [-0.25, -0.2) is 4.79 Å². The lowest BCUT2D eigenvalue weighted by Crippen LogP contribution is -2.03. The van der Waals surface area contributed by atoms with E-state index in [1.54, 1.807) is 37.3 Å². The molecule has 0 atom stereocenters. The van der Waals surface area contributed by atoms with Crippen LogP contribution < -0.4 is 5.32 Å². The molecule has 0 bridgehead atoms. The van der Waals surface area contributed by atoms with Crippen LogP contribution in [0.3, 0.4) is 0 Å². The van der Waals surface area contributed by atoms with Crippen molar-refractivity contribution in [1.29, 1.82) is 0 Å². The van der Waals surface area contributed by atoms with Crippen molar-refractivity contribution < 1.29 is 18.7 Å². The molecule has 3 aromatic rings. The Hall–Kier alpha value is -3.12. The molecule has 1 aliphatic rings. The monoisotopic (exact) mass is 437 g/mol. The van der Waals surface area contributed by atoms with Gasteiger partial charge < -0.3 is 14.5 Å². The first kappa shape index (κ1) is 18.3. The maximum Gasteiger partial charge on any atom is 0.338 e. The second kappa shape index (κ2) is 7.48. The van der Waals surface area contributed by atoms with Crippen LogP contribution in [-0.4, -0.2) is 18.5 Å². The molecule has 0 spiro atoms. The Balaban J connectivity index is 1.60. The summed E-state index contributed by atoms with van der Waals surface area (Å²) in [5.41, 5.74) is 3.48. The summed E-state index contributed by atoms with van der Waals surface area (Å²) >= 11 is 3.44. The highest BCUT2D eigenvalue weighted by molar-refractivity contribution is 9.10. The normalized spacial score (nSPS) is 14.1. The van der Waals surface area contributed by atoms with Crippen molar-refractivity contribution >= 4 is 45.1 Å². The molecule has 6 heteroatoms. The van der Waals surface area contributed by atoms with E-state index in [1.807, 2.05) is 30.3 Å². The summed E-state index contributed by atoms with van der Waals surface area (Å²) in [5.74, 6) is 0.707. The fourth-order valence-corrected chi connectivity index (χ4v) is 3.38. The fraction of sp³-hybridized carbons (Fsp3) is 0.0909. The summed E-state index contributed by atoms with van der Waals surface area (Å²) in [6.45, 7) is 2.11. The van der Waals surface area contributed by atoms with Gasteiger partial charge in [-0.3, -0.25) is 4.79 Å². The smallest absolute Gasteiger partial charge is 0.338 e. The molecule has 0 aliphatic carbocycles. The van der Waals surface area contributed by atoms with Gasteiger partial charge in [0.1, 0.15) is 11.5 Å². The Bertz CT molecular complexity index is 1100. The summed E-state index contributed by atoms with van der Waals surface area (Å²) < 4.78 is 11.8. The van der Waals surface area contributed by atoms with Gasteiger partial charge in [0.2, 0.25) is 0 Å². The number of amides is 1. The van der Waals surface area contributed by atoms with Crippen LogP contribution in [0.1, 0.15) is 28.6 Å². The Labute approximate surface area is 170 Å². The first-order valence-corrected chi connectivity index (χ1v) is 9.55. The van der Waals surface area contributed by atoms with Crippen LogP contribution in [-0.2, 0) is 9.53 Å². The second-order valence-electron chi connectivity index (χ2n) is 6.20. The molecule has 2 heterocycles. The van der Waals surface area contributed by atoms with Crippen LogP contribution in [0.25, 0.3) is 23.0 Å². The van der Waals surface area contributed by atoms with Gasteiger partial charge in [0.05, 0.1) is 17.7 Å². The standard InChI is InChI=1S/C22H16BrNO4/c1-2-27-22(26)14-5-3-13(4-6-14)20-10-8-16(28-20)12-18-17-11-15(23)7-9-19(17)24-21(18)25/h3-12H,2H2,1H3,(H,24,25). The van der Waals surface area contributed by atoms with Gasteiger partial charge in [-0.15, -0.1) is 0 Å². The van der Waals surface area contributed by atoms with Crippen molar-refractivity contribution in [2.45, 2.75) is 6.92 Å². The molecule has 1 aromatic heterocycles. The van der Waals surface area contributed by atoms with Crippen molar-refractivity contribution in [3.63, 3.8) is 0 Å². The maximum absolute atomic E-state index is 12.3. The highest BCUT2D eigenvalue weighted by Gasteiger charge is 2.24. The molecule has 0 fully saturated rings. The number of hydrogen-bond acceptors (Lipinski definition) is 4. The van der Waals surface area contributed by atoms with Gasteiger partial charge in [0.15, 0.2) is 0 Å². The van der Waals surface area contributed by atoms with E-state index < -0.39 is 0 Å². The topological polar surface area (TPSA) is 68.5 Å². The number of ether oxygens (including phenoxy) is 1. The predicted octanol–water partition coefficient (Wildman–Crippen LogP) is 5.38. The van der Waals surface area contributed by atoms with Gasteiger partial charge in [-0.1, -0.05) is 28.1 Å². The molecule has 140 valence electrons. The van der Waals surface area contributed by atoms with E-state index in [4.69, 9.17) is 9.15 Å². The van der Waals surface area contributed by atoms with Gasteiger partial charge in [-0.2, -0.15) is 0 Å². The van der Waals surface area contributed by atoms with Crippen molar-refractivity contribution in [2.75, 3.05) is 11.9 Å². The highest BCUT2D eigenvalue weighted by Crippen LogP contribution is 2.35. The molecule has 28 heavy (non-hydrogen) atoms. The molecule has 0 radical (unpaired) electrons. The lowest BCUT2D eigenvalue weighted by molar-refractivity contribution is -0.110. The van der Waals surface area contributed by atoms with Crippen molar-refractivity contribution in [3.8, 4) is 11.3 Å². The third kappa shape index (κ3) is 3.51. The van der Waals surface area contributed by atoms with Crippen LogP contribution in [0.15, 0.2) is 63.5 Å². The Morgan fingerprint density at radius 3 is 2.68 bits per heavy atom. The molecule has 1 amide bonds. The molecule has 4 rings (SSSR count). The lowest BCUT2D eigenvalue weighted by atomic mass is 10.1. The number of carbonyl (C=O) groups excluding carboxylic acids is 2. The van der Waals surface area contributed by atoms with Crippen molar-refractivity contribution in [1.82, 2.24) is 0 Å². The quantitative estimate of drug-likeness (QED) is 0.439. The summed E-state index contributed by atoms with van der Waals surface area (Å²) in [4.78, 5) is 24.0. The minimum atomic E-state index is -0.351. The largest absolute Gasteiger partial charge is 0.462 e. The van der Waals surface area contributed by atoms with Gasteiger partial charge in [0, 0.05) is 21.3 Å². The van der Waals surface area contributed by atoms with Crippen molar-refractivity contribution in [2.24, 2.45) is 0 Å². The van der Waals surface area contributed by atoms with Crippen LogP contribution in [0.4, 0.5) is 5.69 Å². The molecule has 1 aliphatic heterocycles. The van der Waals surface area contributed by atoms with Gasteiger partial charge >= 0.3 is 5.97 Å². The van der Waals surface area contributed by atoms with Gasteiger partial charge in [-0.05, 0) is 55.5 Å². The van der Waals surface area contributed by atoms with Gasteiger partial charge in [0.25, 0.3) is 5.91 Å². The number of anilines is 1. The first-order chi connectivity index (χ1) is 13.5. The highest BCUT2D eigenvalue weighted by atomic mass is 79.9. The van der Waals surface area contributed by atoms with Crippen LogP contribution >= 0.6 is 15.9 Å². The van der Waals surface area contributed by atoms with E-state index in [0.29, 0.717) is 29.3 Å². The molecular weight excluding hydrogens is 422 g/mol. The number of furan rings is 1. The summed E-state index contributed by atoms with van der Waals surface area (Å²) in [5, 5.41) is 2.85. The SMILES string of the molecule is CCOC(=O)c1ccc(-c2ccc(C=C3C(=O)Nc4ccc(Br)cc43)o2)cc1. The van der Waals surface area contributed by atoms with E-state index >= 15 is 0 Å². The molecule has 1 N–H and O–H groups in total. The second-order valence-corrected chi connectivity index (χ2v) is 7.12. The predicted molar refractivity (Wildman–Crippen MR) is 111 cm³/mol. The zero-order valence-corrected chi connectivity index (χ0v) is 16.6. The number of hydrogen-bond donors (Lipinski definition) is 1. The molecule has 2 aromatic carbocycles. The number of esters is 1. The molecule has 0 saturated heterocycles. The fourth-order valence-electron chi connectivity index (χ4n) is 3.02. The van der Waals surface area contributed by atoms with E-state index in [1.165, 1.54) is 0 Å². The number of carbonyl (C=O) groups is 2. The Morgan fingerprint density at radius 2 is 1.93 bits per heavy atom. The van der Waals surface area contributed by atoms with E-state index in [9.17, 15) is 9.59 Å². The molecule has 0 saturated carbocycles. The number of rotatable bonds is 4. The Morgan fingerprint density at radius 1 is 1.14 bits per heavy atom. The van der Waals surface area contributed by atoms with E-state index in [2.05, 4.69) is 21.2 Å². The average Bonchev–Trinajstić information content (AvgIpc) is 3.28. The number of fused-ring (bicyclic) bond motifs is 1. The molecular formula is C22H16BrNO4. The molecule has 5 nitrogen and oxygen atoms in total. The number of halogens is 1. The van der Waals surface area contributed by atoms with Crippen molar-refractivity contribution in [3.05, 3.63) is 76.0 Å². The minimum Gasteiger partial charge on any atom is -0.462 e. The molecule has 0 unspecified atom stereocenters. The van der Waals surface area contributed by atoms with E-state index in [-0.39, 0.29) is 11.9 Å². The zero-order chi connectivity index (χ0) is 19.7. The van der Waals surface area contributed by atoms with Crippen LogP contribution in [0.2, 0.25) is 0 Å². The summed E-state index contributed by atoms with van der Waals surface area (Å²) in [7, 11) is 0. The third-order valence-electron chi connectivity index (χ3n) is 4.36. The number of benzene rings is 2. The average molecular weight is 438 g/mol. The van der Waals surface area contributed by atoms with Crippen LogP contribution in [0.5, 0.6) is 0 Å².